The second-order valence-electron chi connectivity index (χ2n) is 2.40. The Kier molecular flexibility index (Phi) is 4.44. The largest absolute Gasteiger partial charge is 1.00 e. The van der Waals surface area contributed by atoms with Gasteiger partial charge >= 0.3 is 29.6 Å². The monoisotopic (exact) mass is 172 g/mol. The molecular weight excluding hydrogens is 163 g/mol. The average molecular weight is 172 g/mol. The SMILES string of the molecule is O=S(=O)([O-])C1CCCC1.[Na+]. The van der Waals surface area contributed by atoms with Crippen LogP contribution in [-0.2, 0) is 10.1 Å². The van der Waals surface area contributed by atoms with Crippen molar-refractivity contribution in [2.75, 3.05) is 0 Å². The fourth-order valence-electron chi connectivity index (χ4n) is 1.18. The van der Waals surface area contributed by atoms with Crippen LogP contribution in [0.25, 0.3) is 0 Å². The molecule has 5 heteroatoms. The molecule has 0 N–H and O–H groups in total. The average Bonchev–Trinajstić information content (AvgIpc) is 2.08. The molecule has 0 saturated heterocycles. The molecule has 0 aromatic rings. The van der Waals surface area contributed by atoms with Crippen LogP contribution in [0, 0.1) is 0 Å². The summed E-state index contributed by atoms with van der Waals surface area (Å²) >= 11 is 0. The van der Waals surface area contributed by atoms with Crippen LogP contribution in [0.5, 0.6) is 0 Å². The predicted molar refractivity (Wildman–Crippen MR) is 32.0 cm³/mol. The summed E-state index contributed by atoms with van der Waals surface area (Å²) < 4.78 is 30.8. The van der Waals surface area contributed by atoms with Crippen molar-refractivity contribution in [3.63, 3.8) is 0 Å². The van der Waals surface area contributed by atoms with E-state index in [-0.39, 0.29) is 29.6 Å². The van der Waals surface area contributed by atoms with Gasteiger partial charge in [0.1, 0.15) is 0 Å². The van der Waals surface area contributed by atoms with Gasteiger partial charge in [-0.2, -0.15) is 0 Å². The summed E-state index contributed by atoms with van der Waals surface area (Å²) in [6, 6.07) is 0. The van der Waals surface area contributed by atoms with Crippen LogP contribution >= 0.6 is 0 Å². The summed E-state index contributed by atoms with van der Waals surface area (Å²) in [4.78, 5) is 0. The van der Waals surface area contributed by atoms with E-state index in [0.29, 0.717) is 12.8 Å². The van der Waals surface area contributed by atoms with E-state index in [1.807, 2.05) is 0 Å². The first-order chi connectivity index (χ1) is 4.11. The van der Waals surface area contributed by atoms with E-state index in [1.165, 1.54) is 0 Å². The Morgan fingerprint density at radius 1 is 1.20 bits per heavy atom. The summed E-state index contributed by atoms with van der Waals surface area (Å²) in [6.45, 7) is 0. The Balaban J connectivity index is 0.000000810. The molecule has 0 heterocycles. The predicted octanol–water partition coefficient (Wildman–Crippen LogP) is -2.52. The third-order valence-corrected chi connectivity index (χ3v) is 3.00. The van der Waals surface area contributed by atoms with E-state index in [4.69, 9.17) is 0 Å². The molecule has 0 radical (unpaired) electrons. The van der Waals surface area contributed by atoms with Gasteiger partial charge in [0.05, 0.1) is 10.1 Å². The normalized spacial score (nSPS) is 20.5. The first-order valence-corrected chi connectivity index (χ1v) is 4.52. The maximum absolute atomic E-state index is 10.3. The minimum absolute atomic E-state index is 0. The van der Waals surface area contributed by atoms with Crippen molar-refractivity contribution in [2.24, 2.45) is 0 Å². The first kappa shape index (κ1) is 10.9. The molecule has 0 atom stereocenters. The Morgan fingerprint density at radius 2 is 1.60 bits per heavy atom. The van der Waals surface area contributed by atoms with Crippen LogP contribution in [0.15, 0.2) is 0 Å². The molecule has 0 bridgehead atoms. The Bertz CT molecular complexity index is 181. The molecule has 1 rings (SSSR count). The van der Waals surface area contributed by atoms with E-state index in [0.717, 1.165) is 12.8 Å². The molecule has 0 amide bonds. The Morgan fingerprint density at radius 3 is 1.80 bits per heavy atom. The Labute approximate surface area is 83.2 Å². The van der Waals surface area contributed by atoms with Crippen LogP contribution in [-0.4, -0.2) is 18.2 Å². The second kappa shape index (κ2) is 4.07. The van der Waals surface area contributed by atoms with E-state index in [1.54, 1.807) is 0 Å². The summed E-state index contributed by atoms with van der Waals surface area (Å²) in [5.41, 5.74) is 0. The van der Waals surface area contributed by atoms with Crippen LogP contribution in [0.1, 0.15) is 25.7 Å². The summed E-state index contributed by atoms with van der Waals surface area (Å²) in [5.74, 6) is 0. The minimum atomic E-state index is -3.95. The van der Waals surface area contributed by atoms with Gasteiger partial charge in [-0.3, -0.25) is 0 Å². The number of hydrogen-bond donors (Lipinski definition) is 0. The first-order valence-electron chi connectivity index (χ1n) is 3.05. The summed E-state index contributed by atoms with van der Waals surface area (Å²) in [6.07, 6.45) is 2.94. The molecule has 0 spiro atoms. The molecule has 0 aromatic heterocycles. The van der Waals surface area contributed by atoms with Gasteiger partial charge in [0.15, 0.2) is 0 Å². The zero-order chi connectivity index (χ0) is 6.91. The zero-order valence-electron chi connectivity index (χ0n) is 6.04. The van der Waals surface area contributed by atoms with Crippen LogP contribution in [0.4, 0.5) is 0 Å². The van der Waals surface area contributed by atoms with Crippen LogP contribution < -0.4 is 29.6 Å². The number of hydrogen-bond acceptors (Lipinski definition) is 3. The smallest absolute Gasteiger partial charge is 0.748 e. The summed E-state index contributed by atoms with van der Waals surface area (Å²) in [7, 11) is -3.95. The molecule has 0 aliphatic heterocycles. The van der Waals surface area contributed by atoms with Crippen molar-refractivity contribution < 1.29 is 42.5 Å². The number of rotatable bonds is 1. The topological polar surface area (TPSA) is 57.2 Å². The molecule has 10 heavy (non-hydrogen) atoms. The van der Waals surface area contributed by atoms with E-state index in [2.05, 4.69) is 0 Å². The minimum Gasteiger partial charge on any atom is -0.748 e. The van der Waals surface area contributed by atoms with Gasteiger partial charge in [-0.25, -0.2) is 8.42 Å². The van der Waals surface area contributed by atoms with Gasteiger partial charge in [0.25, 0.3) is 0 Å². The van der Waals surface area contributed by atoms with E-state index in [9.17, 15) is 13.0 Å². The molecule has 3 nitrogen and oxygen atoms in total. The van der Waals surface area contributed by atoms with Gasteiger partial charge in [0, 0.05) is 5.25 Å². The van der Waals surface area contributed by atoms with Gasteiger partial charge < -0.3 is 4.55 Å². The molecule has 1 aliphatic carbocycles. The maximum Gasteiger partial charge on any atom is 1.00 e. The quantitative estimate of drug-likeness (QED) is 0.324. The summed E-state index contributed by atoms with van der Waals surface area (Å²) in [5, 5.41) is -0.572. The van der Waals surface area contributed by atoms with Gasteiger partial charge in [-0.15, -0.1) is 0 Å². The third kappa shape index (κ3) is 2.88. The Hall–Kier alpha value is 0.910. The molecule has 1 aliphatic rings. The van der Waals surface area contributed by atoms with Crippen molar-refractivity contribution in [1.29, 1.82) is 0 Å². The fraction of sp³-hybridized carbons (Fsp3) is 1.00. The van der Waals surface area contributed by atoms with Crippen molar-refractivity contribution in [3.05, 3.63) is 0 Å². The van der Waals surface area contributed by atoms with Crippen molar-refractivity contribution >= 4 is 10.1 Å². The molecule has 1 fully saturated rings. The molecule has 1 saturated carbocycles. The molecule has 54 valence electrons. The molecule has 0 aromatic carbocycles. The van der Waals surface area contributed by atoms with E-state index < -0.39 is 15.4 Å². The molecule has 0 unspecified atom stereocenters. The van der Waals surface area contributed by atoms with Crippen molar-refractivity contribution in [1.82, 2.24) is 0 Å². The maximum atomic E-state index is 10.3. The van der Waals surface area contributed by atoms with Gasteiger partial charge in [0.2, 0.25) is 0 Å². The third-order valence-electron chi connectivity index (χ3n) is 1.71. The van der Waals surface area contributed by atoms with Crippen molar-refractivity contribution in [3.8, 4) is 0 Å². The second-order valence-corrected chi connectivity index (χ2v) is 4.05. The molecular formula is C5H9NaO3S. The van der Waals surface area contributed by atoms with Gasteiger partial charge in [-0.05, 0) is 12.8 Å². The van der Waals surface area contributed by atoms with Crippen LogP contribution in [0.3, 0.4) is 0 Å². The standard InChI is InChI=1S/C5H10O3S.Na/c6-9(7,8)5-3-1-2-4-5;/h5H,1-4H2,(H,6,7,8);/q;+1/p-1. The fourth-order valence-corrected chi connectivity index (χ4v) is 2.09. The zero-order valence-corrected chi connectivity index (χ0v) is 8.86. The van der Waals surface area contributed by atoms with Gasteiger partial charge in [-0.1, -0.05) is 12.8 Å². The van der Waals surface area contributed by atoms with E-state index >= 15 is 0 Å². The van der Waals surface area contributed by atoms with Crippen LogP contribution in [0.2, 0.25) is 0 Å². The van der Waals surface area contributed by atoms with Crippen molar-refractivity contribution in [2.45, 2.75) is 30.9 Å².